The monoisotopic (exact) mass is 189 g/mol. The van der Waals surface area contributed by atoms with Crippen molar-refractivity contribution in [2.75, 3.05) is 6.54 Å². The third-order valence-corrected chi connectivity index (χ3v) is 1.56. The van der Waals surface area contributed by atoms with E-state index in [9.17, 15) is 8.78 Å². The first-order valence-corrected chi connectivity index (χ1v) is 4.10. The van der Waals surface area contributed by atoms with Gasteiger partial charge in [0.05, 0.1) is 6.20 Å². The van der Waals surface area contributed by atoms with E-state index in [0.29, 0.717) is 13.0 Å². The molecule has 74 valence electrons. The molecule has 0 bridgehead atoms. The summed E-state index contributed by atoms with van der Waals surface area (Å²) in [4.78, 5) is 0. The largest absolute Gasteiger partial charge is 0.330 e. The first kappa shape index (κ1) is 10.1. The average Bonchev–Trinajstić information content (AvgIpc) is 2.33. The molecular weight excluding hydrogens is 176 g/mol. The van der Waals surface area contributed by atoms with Crippen LogP contribution < -0.4 is 5.73 Å². The fourth-order valence-corrected chi connectivity index (χ4v) is 1.07. The van der Waals surface area contributed by atoms with Gasteiger partial charge >= 0.3 is 0 Å². The summed E-state index contributed by atoms with van der Waals surface area (Å²) in [5, 5.41) is 3.80. The molecule has 0 radical (unpaired) electrons. The number of rotatable bonds is 4. The molecule has 0 atom stereocenters. The molecule has 0 spiro atoms. The van der Waals surface area contributed by atoms with Gasteiger partial charge in [0.25, 0.3) is 5.92 Å². The highest BCUT2D eigenvalue weighted by Gasteiger charge is 2.21. The zero-order valence-electron chi connectivity index (χ0n) is 7.50. The van der Waals surface area contributed by atoms with Gasteiger partial charge in [0.1, 0.15) is 6.54 Å². The number of alkyl halides is 2. The van der Waals surface area contributed by atoms with Crippen LogP contribution in [0.5, 0.6) is 0 Å². The van der Waals surface area contributed by atoms with Crippen LogP contribution in [-0.4, -0.2) is 22.2 Å². The zero-order valence-corrected chi connectivity index (χ0v) is 7.50. The molecule has 1 aromatic heterocycles. The van der Waals surface area contributed by atoms with Crippen molar-refractivity contribution < 1.29 is 8.78 Å². The summed E-state index contributed by atoms with van der Waals surface area (Å²) in [6.45, 7) is 1.00. The quantitative estimate of drug-likeness (QED) is 0.769. The van der Waals surface area contributed by atoms with Gasteiger partial charge in [-0.3, -0.25) is 4.68 Å². The van der Waals surface area contributed by atoms with Gasteiger partial charge in [0.2, 0.25) is 0 Å². The average molecular weight is 189 g/mol. The topological polar surface area (TPSA) is 43.8 Å². The van der Waals surface area contributed by atoms with E-state index >= 15 is 0 Å². The third-order valence-electron chi connectivity index (χ3n) is 1.56. The number of nitrogens with two attached hydrogens (primary N) is 1. The first-order chi connectivity index (χ1) is 6.01. The minimum Gasteiger partial charge on any atom is -0.330 e. The van der Waals surface area contributed by atoms with E-state index in [1.165, 1.54) is 4.68 Å². The lowest BCUT2D eigenvalue weighted by Gasteiger charge is -2.08. The van der Waals surface area contributed by atoms with Crippen molar-refractivity contribution in [3.05, 3.63) is 18.0 Å². The Bertz CT molecular complexity index is 265. The SMILES string of the molecule is CC(F)(F)Cn1cc(CCN)cn1. The van der Waals surface area contributed by atoms with Gasteiger partial charge in [-0.15, -0.1) is 0 Å². The minimum atomic E-state index is -2.72. The Kier molecular flexibility index (Phi) is 2.98. The molecule has 1 rings (SSSR count). The number of hydrogen-bond acceptors (Lipinski definition) is 2. The third kappa shape index (κ3) is 3.50. The van der Waals surface area contributed by atoms with Gasteiger partial charge in [-0.1, -0.05) is 0 Å². The fraction of sp³-hybridized carbons (Fsp3) is 0.625. The van der Waals surface area contributed by atoms with Gasteiger partial charge in [-0.2, -0.15) is 5.10 Å². The van der Waals surface area contributed by atoms with Crippen molar-refractivity contribution in [2.24, 2.45) is 5.73 Å². The predicted octanol–water partition coefficient (Wildman–Crippen LogP) is 1.04. The molecule has 0 fully saturated rings. The van der Waals surface area contributed by atoms with Gasteiger partial charge in [0.15, 0.2) is 0 Å². The Labute approximate surface area is 75.5 Å². The molecule has 0 saturated heterocycles. The maximum Gasteiger partial charge on any atom is 0.264 e. The van der Waals surface area contributed by atoms with E-state index in [-0.39, 0.29) is 6.54 Å². The summed E-state index contributed by atoms with van der Waals surface area (Å²) in [6, 6.07) is 0. The lowest BCUT2D eigenvalue weighted by molar-refractivity contribution is 0.000577. The van der Waals surface area contributed by atoms with Gasteiger partial charge < -0.3 is 5.73 Å². The van der Waals surface area contributed by atoms with Crippen LogP contribution in [0.15, 0.2) is 12.4 Å². The molecule has 0 saturated carbocycles. The second-order valence-electron chi connectivity index (χ2n) is 3.16. The predicted molar refractivity (Wildman–Crippen MR) is 45.6 cm³/mol. The molecule has 0 aromatic carbocycles. The van der Waals surface area contributed by atoms with Crippen molar-refractivity contribution in [3.8, 4) is 0 Å². The van der Waals surface area contributed by atoms with Crippen molar-refractivity contribution >= 4 is 0 Å². The van der Waals surface area contributed by atoms with Crippen LogP contribution in [0.3, 0.4) is 0 Å². The van der Waals surface area contributed by atoms with Crippen LogP contribution in [-0.2, 0) is 13.0 Å². The summed E-state index contributed by atoms with van der Waals surface area (Å²) >= 11 is 0. The van der Waals surface area contributed by atoms with Crippen LogP contribution in [0.4, 0.5) is 8.78 Å². The molecule has 1 heterocycles. The van der Waals surface area contributed by atoms with E-state index in [1.54, 1.807) is 12.4 Å². The molecule has 2 N–H and O–H groups in total. The Morgan fingerprint density at radius 1 is 1.62 bits per heavy atom. The maximum absolute atomic E-state index is 12.5. The van der Waals surface area contributed by atoms with Gasteiger partial charge in [-0.05, 0) is 18.5 Å². The summed E-state index contributed by atoms with van der Waals surface area (Å²) in [5.41, 5.74) is 6.21. The van der Waals surface area contributed by atoms with Gasteiger partial charge in [-0.25, -0.2) is 8.78 Å². The van der Waals surface area contributed by atoms with Crippen LogP contribution in [0.2, 0.25) is 0 Å². The first-order valence-electron chi connectivity index (χ1n) is 4.10. The van der Waals surface area contributed by atoms with Crippen molar-refractivity contribution in [3.63, 3.8) is 0 Å². The standard InChI is InChI=1S/C8H13F2N3/c1-8(9,10)6-13-5-7(2-3-11)4-12-13/h4-5H,2-3,6,11H2,1H3. The molecule has 0 aliphatic heterocycles. The molecule has 1 aromatic rings. The lowest BCUT2D eigenvalue weighted by Crippen LogP contribution is -2.19. The second-order valence-corrected chi connectivity index (χ2v) is 3.16. The Morgan fingerprint density at radius 2 is 2.31 bits per heavy atom. The van der Waals surface area contributed by atoms with Gasteiger partial charge in [0, 0.05) is 13.1 Å². The van der Waals surface area contributed by atoms with E-state index in [4.69, 9.17) is 5.73 Å². The van der Waals surface area contributed by atoms with E-state index in [2.05, 4.69) is 5.10 Å². The van der Waals surface area contributed by atoms with Crippen LogP contribution in [0.1, 0.15) is 12.5 Å². The molecule has 0 amide bonds. The zero-order chi connectivity index (χ0) is 9.90. The van der Waals surface area contributed by atoms with E-state index in [1.807, 2.05) is 0 Å². The highest BCUT2D eigenvalue weighted by Crippen LogP contribution is 2.14. The second kappa shape index (κ2) is 3.83. The Hall–Kier alpha value is -0.970. The fourth-order valence-electron chi connectivity index (χ4n) is 1.07. The molecule has 5 heteroatoms. The summed E-state index contributed by atoms with van der Waals surface area (Å²) < 4.78 is 26.3. The summed E-state index contributed by atoms with van der Waals surface area (Å²) in [7, 11) is 0. The number of aromatic nitrogens is 2. The van der Waals surface area contributed by atoms with E-state index < -0.39 is 5.92 Å². The summed E-state index contributed by atoms with van der Waals surface area (Å²) in [5.74, 6) is -2.72. The molecular formula is C8H13F2N3. The number of halogens is 2. The molecule has 0 aliphatic carbocycles. The molecule has 0 aliphatic rings. The van der Waals surface area contributed by atoms with Crippen LogP contribution in [0.25, 0.3) is 0 Å². The smallest absolute Gasteiger partial charge is 0.264 e. The van der Waals surface area contributed by atoms with E-state index in [0.717, 1.165) is 12.5 Å². The number of hydrogen-bond donors (Lipinski definition) is 1. The number of nitrogens with zero attached hydrogens (tertiary/aromatic N) is 2. The summed E-state index contributed by atoms with van der Waals surface area (Å²) in [6.07, 6.45) is 3.85. The molecule has 0 unspecified atom stereocenters. The van der Waals surface area contributed by atoms with Crippen molar-refractivity contribution in [1.29, 1.82) is 0 Å². The van der Waals surface area contributed by atoms with Crippen LogP contribution >= 0.6 is 0 Å². The molecule has 3 nitrogen and oxygen atoms in total. The normalized spacial score (nSPS) is 12.0. The Balaban J connectivity index is 2.59. The lowest BCUT2D eigenvalue weighted by atomic mass is 10.3. The van der Waals surface area contributed by atoms with Crippen molar-refractivity contribution in [2.45, 2.75) is 25.8 Å². The van der Waals surface area contributed by atoms with Crippen LogP contribution in [0, 0.1) is 0 Å². The highest BCUT2D eigenvalue weighted by molar-refractivity contribution is 5.04. The molecule has 13 heavy (non-hydrogen) atoms. The maximum atomic E-state index is 12.5. The minimum absolute atomic E-state index is 0.377. The van der Waals surface area contributed by atoms with Crippen molar-refractivity contribution in [1.82, 2.24) is 9.78 Å². The highest BCUT2D eigenvalue weighted by atomic mass is 19.3. The Morgan fingerprint density at radius 3 is 2.85 bits per heavy atom.